The molecule has 1 aromatic carbocycles. The fourth-order valence-corrected chi connectivity index (χ4v) is 1.63. The van der Waals surface area contributed by atoms with Crippen LogP contribution < -0.4 is 5.32 Å². The number of urea groups is 1. The van der Waals surface area contributed by atoms with Crippen LogP contribution >= 0.6 is 0 Å². The number of anilines is 1. The van der Waals surface area contributed by atoms with Crippen molar-refractivity contribution in [2.24, 2.45) is 0 Å². The second kappa shape index (κ2) is 7.03. The van der Waals surface area contributed by atoms with Crippen LogP contribution in [0.25, 0.3) is 0 Å². The van der Waals surface area contributed by atoms with Crippen LogP contribution in [0.5, 0.6) is 0 Å². The summed E-state index contributed by atoms with van der Waals surface area (Å²) in [5.41, 5.74) is 1.07. The number of nitrogens with zero attached hydrogens (tertiary/aromatic N) is 3. The predicted molar refractivity (Wildman–Crippen MR) is 72.2 cm³/mol. The fourth-order valence-electron chi connectivity index (χ4n) is 1.63. The number of rotatable bonds is 4. The molecule has 0 atom stereocenters. The van der Waals surface area contributed by atoms with Crippen LogP contribution in [0, 0.1) is 22.7 Å². The number of hydrogen-bond acceptors (Lipinski definition) is 3. The summed E-state index contributed by atoms with van der Waals surface area (Å²) in [6.45, 7) is 4.17. The number of nitriles is 2. The van der Waals surface area contributed by atoms with Gasteiger partial charge in [0.2, 0.25) is 0 Å². The lowest BCUT2D eigenvalue weighted by atomic mass is 10.2. The summed E-state index contributed by atoms with van der Waals surface area (Å²) < 4.78 is 0. The van der Waals surface area contributed by atoms with E-state index >= 15 is 0 Å². The third kappa shape index (κ3) is 4.33. The van der Waals surface area contributed by atoms with Crippen molar-refractivity contribution in [3.05, 3.63) is 29.8 Å². The van der Waals surface area contributed by atoms with Gasteiger partial charge in [-0.3, -0.25) is 0 Å². The molecule has 2 amide bonds. The van der Waals surface area contributed by atoms with E-state index in [9.17, 15) is 4.79 Å². The number of carbonyl (C=O) groups is 1. The summed E-state index contributed by atoms with van der Waals surface area (Å²) in [5.74, 6) is 0. The van der Waals surface area contributed by atoms with Crippen LogP contribution in [0.15, 0.2) is 24.3 Å². The van der Waals surface area contributed by atoms with Crippen molar-refractivity contribution in [3.63, 3.8) is 0 Å². The van der Waals surface area contributed by atoms with E-state index in [1.807, 2.05) is 26.0 Å². The molecular weight excluding hydrogens is 240 g/mol. The molecule has 0 unspecified atom stereocenters. The number of carbonyl (C=O) groups excluding carboxylic acids is 1. The second-order valence-electron chi connectivity index (χ2n) is 4.32. The summed E-state index contributed by atoms with van der Waals surface area (Å²) in [6.07, 6.45) is 0.295. The maximum Gasteiger partial charge on any atom is 0.322 e. The molecule has 0 saturated carbocycles. The standard InChI is InChI=1S/C14H16N4O/c1-11(2)18(8-4-7-15)14(19)17-13-6-3-5-12(9-13)10-16/h3,5-6,9,11H,4,8H2,1-2H3,(H,17,19). The summed E-state index contributed by atoms with van der Waals surface area (Å²) >= 11 is 0. The quantitative estimate of drug-likeness (QED) is 0.899. The lowest BCUT2D eigenvalue weighted by molar-refractivity contribution is 0.198. The van der Waals surface area contributed by atoms with Crippen molar-refractivity contribution < 1.29 is 4.79 Å². The van der Waals surface area contributed by atoms with Crippen LogP contribution in [0.2, 0.25) is 0 Å². The molecule has 0 aromatic heterocycles. The van der Waals surface area contributed by atoms with Gasteiger partial charge in [0.25, 0.3) is 0 Å². The molecule has 0 aliphatic rings. The van der Waals surface area contributed by atoms with Gasteiger partial charge in [0.1, 0.15) is 0 Å². The summed E-state index contributed by atoms with van der Waals surface area (Å²) in [7, 11) is 0. The molecule has 1 rings (SSSR count). The molecule has 0 bridgehead atoms. The maximum atomic E-state index is 12.1. The first kappa shape index (κ1) is 14.5. The van der Waals surface area contributed by atoms with E-state index in [0.717, 1.165) is 0 Å². The van der Waals surface area contributed by atoms with E-state index in [-0.39, 0.29) is 12.1 Å². The summed E-state index contributed by atoms with van der Waals surface area (Å²) in [6, 6.07) is 10.5. The maximum absolute atomic E-state index is 12.1. The van der Waals surface area contributed by atoms with E-state index in [4.69, 9.17) is 10.5 Å². The zero-order valence-electron chi connectivity index (χ0n) is 11.1. The second-order valence-corrected chi connectivity index (χ2v) is 4.32. The Morgan fingerprint density at radius 2 is 2.16 bits per heavy atom. The third-order valence-corrected chi connectivity index (χ3v) is 2.59. The van der Waals surface area contributed by atoms with Gasteiger partial charge in [-0.25, -0.2) is 4.79 Å². The molecule has 1 N–H and O–H groups in total. The van der Waals surface area contributed by atoms with E-state index in [2.05, 4.69) is 5.32 Å². The van der Waals surface area contributed by atoms with Gasteiger partial charge in [-0.15, -0.1) is 0 Å². The molecule has 5 heteroatoms. The number of hydrogen-bond donors (Lipinski definition) is 1. The Morgan fingerprint density at radius 3 is 2.74 bits per heavy atom. The molecule has 0 spiro atoms. The summed E-state index contributed by atoms with van der Waals surface area (Å²) in [5, 5.41) is 20.1. The largest absolute Gasteiger partial charge is 0.322 e. The van der Waals surface area contributed by atoms with Crippen LogP contribution in [0.1, 0.15) is 25.8 Å². The Bertz CT molecular complexity index is 525. The molecule has 19 heavy (non-hydrogen) atoms. The first-order valence-electron chi connectivity index (χ1n) is 6.03. The highest BCUT2D eigenvalue weighted by molar-refractivity contribution is 5.89. The van der Waals surface area contributed by atoms with Crippen molar-refractivity contribution >= 4 is 11.7 Å². The van der Waals surface area contributed by atoms with Crippen molar-refractivity contribution in [1.82, 2.24) is 4.90 Å². The van der Waals surface area contributed by atoms with Crippen LogP contribution in [0.3, 0.4) is 0 Å². The van der Waals surface area contributed by atoms with Crippen molar-refractivity contribution in [2.45, 2.75) is 26.3 Å². The first-order chi connectivity index (χ1) is 9.08. The van der Waals surface area contributed by atoms with E-state index < -0.39 is 0 Å². The van der Waals surface area contributed by atoms with Gasteiger partial charge in [-0.1, -0.05) is 6.07 Å². The minimum atomic E-state index is -0.264. The molecule has 0 fully saturated rings. The molecule has 98 valence electrons. The van der Waals surface area contributed by atoms with Crippen LogP contribution in [0.4, 0.5) is 10.5 Å². The molecule has 0 radical (unpaired) electrons. The molecule has 5 nitrogen and oxygen atoms in total. The monoisotopic (exact) mass is 256 g/mol. The molecule has 0 heterocycles. The van der Waals surface area contributed by atoms with E-state index in [1.165, 1.54) is 0 Å². The van der Waals surface area contributed by atoms with Crippen molar-refractivity contribution in [1.29, 1.82) is 10.5 Å². The molecule has 0 aliphatic heterocycles. The van der Waals surface area contributed by atoms with Gasteiger partial charge in [-0.2, -0.15) is 10.5 Å². The Morgan fingerprint density at radius 1 is 1.42 bits per heavy atom. The lowest BCUT2D eigenvalue weighted by Crippen LogP contribution is -2.40. The minimum Gasteiger partial charge on any atom is -0.321 e. The molecule has 0 aliphatic carbocycles. The topological polar surface area (TPSA) is 79.9 Å². The molecular formula is C14H16N4O. The predicted octanol–water partition coefficient (Wildman–Crippen LogP) is 2.71. The van der Waals surface area contributed by atoms with Crippen LogP contribution in [-0.4, -0.2) is 23.5 Å². The van der Waals surface area contributed by atoms with Gasteiger partial charge in [0.05, 0.1) is 24.1 Å². The zero-order chi connectivity index (χ0) is 14.3. The number of nitrogens with one attached hydrogen (secondary N) is 1. The van der Waals surface area contributed by atoms with Gasteiger partial charge >= 0.3 is 6.03 Å². The highest BCUT2D eigenvalue weighted by Gasteiger charge is 2.16. The lowest BCUT2D eigenvalue weighted by Gasteiger charge is -2.26. The first-order valence-corrected chi connectivity index (χ1v) is 6.03. The zero-order valence-corrected chi connectivity index (χ0v) is 11.1. The van der Waals surface area contributed by atoms with Crippen molar-refractivity contribution in [2.75, 3.05) is 11.9 Å². The average molecular weight is 256 g/mol. The van der Waals surface area contributed by atoms with E-state index in [1.54, 1.807) is 29.2 Å². The highest BCUT2D eigenvalue weighted by Crippen LogP contribution is 2.12. The van der Waals surface area contributed by atoms with Gasteiger partial charge in [0.15, 0.2) is 0 Å². The SMILES string of the molecule is CC(C)N(CCC#N)C(=O)Nc1cccc(C#N)c1. The third-order valence-electron chi connectivity index (χ3n) is 2.59. The Kier molecular flexibility index (Phi) is 5.37. The Hall–Kier alpha value is -2.53. The van der Waals surface area contributed by atoms with E-state index in [0.29, 0.717) is 24.2 Å². The minimum absolute atomic E-state index is 0.00694. The average Bonchev–Trinajstić information content (AvgIpc) is 2.39. The van der Waals surface area contributed by atoms with Crippen LogP contribution in [-0.2, 0) is 0 Å². The highest BCUT2D eigenvalue weighted by atomic mass is 16.2. The smallest absolute Gasteiger partial charge is 0.321 e. The fraction of sp³-hybridized carbons (Fsp3) is 0.357. The molecule has 0 saturated heterocycles. The number of amides is 2. The Balaban J connectivity index is 2.76. The Labute approximate surface area is 113 Å². The summed E-state index contributed by atoms with van der Waals surface area (Å²) in [4.78, 5) is 13.7. The number of benzene rings is 1. The van der Waals surface area contributed by atoms with Gasteiger partial charge in [0, 0.05) is 18.3 Å². The van der Waals surface area contributed by atoms with Crippen molar-refractivity contribution in [3.8, 4) is 12.1 Å². The van der Waals surface area contributed by atoms with Gasteiger partial charge in [-0.05, 0) is 32.0 Å². The van der Waals surface area contributed by atoms with Gasteiger partial charge < -0.3 is 10.2 Å². The molecule has 1 aromatic rings. The normalized spacial score (nSPS) is 9.53.